The standard InChI is InChI=1S/C41H46F5N3O4/c1-6-8-28-18-29(36-24(4)9-7-10-25(36)5)39(43)37(38(28)42)32(20-35(51)52)47-40(53)33(17-23(2)3)49-22-30(31(19-34(49)50)41(44,45)46)27-13-15-48(16-14-27)21-26-11-12-26/h7,9-10,18-19,22-23,26-27,32-33H,11-17,20-21H2,1-5H3,(H,47,53)(H,51,52)/t32-,33+/m1/s1. The zero-order chi connectivity index (χ0) is 38.8. The molecule has 53 heavy (non-hydrogen) atoms. The van der Waals surface area contributed by atoms with Gasteiger partial charge in [0, 0.05) is 29.9 Å². The van der Waals surface area contributed by atoms with Gasteiger partial charge in [0.05, 0.1) is 23.6 Å². The smallest absolute Gasteiger partial charge is 0.416 e. The molecule has 0 spiro atoms. The van der Waals surface area contributed by atoms with Crippen molar-refractivity contribution >= 4 is 11.9 Å². The molecule has 284 valence electrons. The molecule has 2 atom stereocenters. The van der Waals surface area contributed by atoms with Crippen LogP contribution in [-0.2, 0) is 15.8 Å². The number of rotatable bonds is 12. The second-order valence-electron chi connectivity index (χ2n) is 14.9. The number of carboxylic acids is 1. The molecule has 1 saturated carbocycles. The molecular weight excluding hydrogens is 693 g/mol. The summed E-state index contributed by atoms with van der Waals surface area (Å²) in [6.07, 6.45) is -1.49. The van der Waals surface area contributed by atoms with E-state index in [0.29, 0.717) is 54.6 Å². The van der Waals surface area contributed by atoms with E-state index in [4.69, 9.17) is 0 Å². The molecule has 1 aliphatic carbocycles. The van der Waals surface area contributed by atoms with E-state index in [2.05, 4.69) is 22.1 Å². The fourth-order valence-corrected chi connectivity index (χ4v) is 7.54. The minimum Gasteiger partial charge on any atom is -0.481 e. The first-order valence-electron chi connectivity index (χ1n) is 18.1. The van der Waals surface area contributed by atoms with Gasteiger partial charge in [-0.15, -0.1) is 5.92 Å². The third-order valence-corrected chi connectivity index (χ3v) is 10.3. The van der Waals surface area contributed by atoms with E-state index in [0.717, 1.165) is 30.2 Å². The number of likely N-dealkylation sites (tertiary alicyclic amines) is 1. The molecule has 1 saturated heterocycles. The Labute approximate surface area is 306 Å². The molecule has 3 aromatic rings. The topological polar surface area (TPSA) is 91.6 Å². The number of alkyl halides is 3. The number of hydrogen-bond acceptors (Lipinski definition) is 4. The molecule has 1 aliphatic heterocycles. The lowest BCUT2D eigenvalue weighted by Gasteiger charge is -2.34. The lowest BCUT2D eigenvalue weighted by Crippen LogP contribution is -2.41. The molecule has 2 fully saturated rings. The van der Waals surface area contributed by atoms with E-state index in [1.165, 1.54) is 13.0 Å². The first-order chi connectivity index (χ1) is 25.0. The van der Waals surface area contributed by atoms with Crippen LogP contribution < -0.4 is 10.9 Å². The summed E-state index contributed by atoms with van der Waals surface area (Å²) in [5.74, 6) is 0.368. The van der Waals surface area contributed by atoms with Crippen LogP contribution in [0, 0.1) is 49.2 Å². The number of aromatic nitrogens is 1. The van der Waals surface area contributed by atoms with Crippen LogP contribution in [0.25, 0.3) is 11.1 Å². The van der Waals surface area contributed by atoms with E-state index in [-0.39, 0.29) is 29.0 Å². The van der Waals surface area contributed by atoms with Gasteiger partial charge in [-0.2, -0.15) is 13.2 Å². The molecule has 0 unspecified atom stereocenters. The Morgan fingerprint density at radius 1 is 1.02 bits per heavy atom. The van der Waals surface area contributed by atoms with E-state index < -0.39 is 70.8 Å². The van der Waals surface area contributed by atoms with Gasteiger partial charge in [0.1, 0.15) is 17.7 Å². The van der Waals surface area contributed by atoms with Crippen LogP contribution in [0.15, 0.2) is 41.3 Å². The monoisotopic (exact) mass is 739 g/mol. The largest absolute Gasteiger partial charge is 0.481 e. The summed E-state index contributed by atoms with van der Waals surface area (Å²) >= 11 is 0. The number of aryl methyl sites for hydroxylation is 2. The number of aliphatic carboxylic acids is 1. The summed E-state index contributed by atoms with van der Waals surface area (Å²) in [5, 5.41) is 12.4. The molecule has 2 aliphatic rings. The van der Waals surface area contributed by atoms with Crippen molar-refractivity contribution in [1.82, 2.24) is 14.8 Å². The van der Waals surface area contributed by atoms with Gasteiger partial charge < -0.3 is 19.9 Å². The molecule has 1 amide bonds. The van der Waals surface area contributed by atoms with Gasteiger partial charge in [0.25, 0.3) is 5.56 Å². The van der Waals surface area contributed by atoms with Crippen LogP contribution >= 0.6 is 0 Å². The highest BCUT2D eigenvalue weighted by Gasteiger charge is 2.39. The van der Waals surface area contributed by atoms with Crippen molar-refractivity contribution in [2.24, 2.45) is 11.8 Å². The zero-order valence-corrected chi connectivity index (χ0v) is 30.7. The predicted octanol–water partition coefficient (Wildman–Crippen LogP) is 8.31. The van der Waals surface area contributed by atoms with Crippen molar-refractivity contribution in [1.29, 1.82) is 0 Å². The molecule has 0 bridgehead atoms. The van der Waals surface area contributed by atoms with E-state index in [1.54, 1.807) is 45.9 Å². The van der Waals surface area contributed by atoms with Crippen LogP contribution in [0.2, 0.25) is 0 Å². The summed E-state index contributed by atoms with van der Waals surface area (Å²) in [6, 6.07) is 3.85. The summed E-state index contributed by atoms with van der Waals surface area (Å²) < 4.78 is 77.1. The van der Waals surface area contributed by atoms with Gasteiger partial charge in [0.15, 0.2) is 0 Å². The number of nitrogens with one attached hydrogen (secondary N) is 1. The van der Waals surface area contributed by atoms with Gasteiger partial charge >= 0.3 is 12.1 Å². The van der Waals surface area contributed by atoms with Crippen LogP contribution in [0.4, 0.5) is 22.0 Å². The number of piperidine rings is 1. The fraction of sp³-hybridized carbons (Fsp3) is 0.488. The summed E-state index contributed by atoms with van der Waals surface area (Å²) in [7, 11) is 0. The Kier molecular flexibility index (Phi) is 12.2. The normalized spacial score (nSPS) is 16.6. The third-order valence-electron chi connectivity index (χ3n) is 10.3. The average Bonchev–Trinajstić information content (AvgIpc) is 3.89. The highest BCUT2D eigenvalue weighted by atomic mass is 19.4. The number of amides is 1. The van der Waals surface area contributed by atoms with Crippen molar-refractivity contribution in [2.45, 2.75) is 97.3 Å². The molecule has 0 radical (unpaired) electrons. The zero-order valence-electron chi connectivity index (χ0n) is 30.7. The molecular formula is C41H46F5N3O4. The number of hydrogen-bond donors (Lipinski definition) is 2. The molecule has 7 nitrogen and oxygen atoms in total. The molecule has 2 N–H and O–H groups in total. The Morgan fingerprint density at radius 3 is 2.21 bits per heavy atom. The first-order valence-corrected chi connectivity index (χ1v) is 18.1. The Balaban J connectivity index is 1.59. The highest BCUT2D eigenvalue weighted by molar-refractivity contribution is 5.82. The van der Waals surface area contributed by atoms with Crippen molar-refractivity contribution in [2.75, 3.05) is 19.6 Å². The quantitative estimate of drug-likeness (QED) is 0.144. The van der Waals surface area contributed by atoms with Crippen molar-refractivity contribution < 1.29 is 36.6 Å². The number of halogens is 5. The van der Waals surface area contributed by atoms with E-state index >= 15 is 8.78 Å². The van der Waals surface area contributed by atoms with E-state index in [9.17, 15) is 32.7 Å². The molecule has 5 rings (SSSR count). The Bertz CT molecular complexity index is 1960. The number of carbonyl (C=O) groups excluding carboxylic acids is 1. The maximum atomic E-state index is 16.7. The summed E-state index contributed by atoms with van der Waals surface area (Å²) in [4.78, 5) is 42.2. The molecule has 12 heteroatoms. The Hall–Kier alpha value is -4.50. The lowest BCUT2D eigenvalue weighted by atomic mass is 9.87. The molecule has 2 aromatic carbocycles. The first kappa shape index (κ1) is 39.7. The van der Waals surface area contributed by atoms with Crippen LogP contribution in [-0.4, -0.2) is 46.1 Å². The SMILES string of the molecule is CC#Cc1cc(-c2c(C)cccc2C)c(F)c([C@@H](CC(=O)O)NC(=O)[C@H](CC(C)C)n2cc(C3CCN(CC4CC4)CC3)c(C(F)(F)F)cc2=O)c1F. The summed E-state index contributed by atoms with van der Waals surface area (Å²) in [5.41, 5.74) is -1.40. The van der Waals surface area contributed by atoms with Crippen molar-refractivity contribution in [3.05, 3.63) is 91.9 Å². The number of carboxylic acid groups (broad SMARTS) is 1. The number of carbonyl (C=O) groups is 2. The molecule has 2 heterocycles. The second-order valence-corrected chi connectivity index (χ2v) is 14.9. The van der Waals surface area contributed by atoms with Crippen LogP contribution in [0.1, 0.15) is 111 Å². The number of nitrogens with zero attached hydrogens (tertiary/aromatic N) is 2. The summed E-state index contributed by atoms with van der Waals surface area (Å²) in [6.45, 7) is 10.6. The molecule has 1 aromatic heterocycles. The van der Waals surface area contributed by atoms with Crippen LogP contribution in [0.3, 0.4) is 0 Å². The average molecular weight is 740 g/mol. The lowest BCUT2D eigenvalue weighted by molar-refractivity contribution is -0.139. The van der Waals surface area contributed by atoms with Gasteiger partial charge in [-0.25, -0.2) is 8.78 Å². The highest BCUT2D eigenvalue weighted by Crippen LogP contribution is 2.40. The minimum atomic E-state index is -4.82. The van der Waals surface area contributed by atoms with E-state index in [1.807, 2.05) is 0 Å². The third kappa shape index (κ3) is 9.18. The Morgan fingerprint density at radius 2 is 1.66 bits per heavy atom. The second kappa shape index (κ2) is 16.3. The number of benzene rings is 2. The predicted molar refractivity (Wildman–Crippen MR) is 192 cm³/mol. The van der Waals surface area contributed by atoms with Crippen LogP contribution in [0.5, 0.6) is 0 Å². The maximum absolute atomic E-state index is 16.7. The van der Waals surface area contributed by atoms with Gasteiger partial charge in [-0.05, 0) is 112 Å². The maximum Gasteiger partial charge on any atom is 0.416 e. The van der Waals surface area contributed by atoms with Gasteiger partial charge in [0.2, 0.25) is 5.91 Å². The van der Waals surface area contributed by atoms with Gasteiger partial charge in [-0.3, -0.25) is 14.4 Å². The van der Waals surface area contributed by atoms with Crippen molar-refractivity contribution in [3.63, 3.8) is 0 Å². The number of pyridine rings is 1. The van der Waals surface area contributed by atoms with Crippen molar-refractivity contribution in [3.8, 4) is 23.0 Å². The minimum absolute atomic E-state index is 0.0316. The van der Waals surface area contributed by atoms with Gasteiger partial charge in [-0.1, -0.05) is 38.0 Å². The fourth-order valence-electron chi connectivity index (χ4n) is 7.54.